The van der Waals surface area contributed by atoms with E-state index < -0.39 is 0 Å². The number of rotatable bonds is 6. The van der Waals surface area contributed by atoms with Crippen LogP contribution in [0.3, 0.4) is 0 Å². The first kappa shape index (κ1) is 20.9. The van der Waals surface area contributed by atoms with Crippen molar-refractivity contribution in [3.05, 3.63) is 51.1 Å². The summed E-state index contributed by atoms with van der Waals surface area (Å²) in [7, 11) is 0. The van der Waals surface area contributed by atoms with Crippen molar-refractivity contribution in [2.45, 2.75) is 51.0 Å². The molecule has 0 spiro atoms. The molecule has 1 aromatic heterocycles. The van der Waals surface area contributed by atoms with Crippen molar-refractivity contribution in [2.75, 3.05) is 11.1 Å². The van der Waals surface area contributed by atoms with Gasteiger partial charge in [-0.3, -0.25) is 4.79 Å². The third-order valence-corrected chi connectivity index (χ3v) is 6.25. The quantitative estimate of drug-likeness (QED) is 0.579. The molecule has 6 heteroatoms. The topological polar surface area (TPSA) is 65.8 Å². The van der Waals surface area contributed by atoms with Gasteiger partial charge in [0.25, 0.3) is 0 Å². The second-order valence-electron chi connectivity index (χ2n) is 7.46. The molecule has 1 aromatic carbocycles. The normalized spacial score (nSPS) is 13.1. The van der Waals surface area contributed by atoms with Crippen LogP contribution >= 0.6 is 27.7 Å². The number of aromatic nitrogens is 1. The molecule has 2 aromatic rings. The molecular weight excluding hydrogens is 434 g/mol. The third-order valence-electron chi connectivity index (χ3n) is 4.75. The zero-order valence-corrected chi connectivity index (χ0v) is 18.6. The summed E-state index contributed by atoms with van der Waals surface area (Å²) in [6, 6.07) is 9.86. The number of thioether (sulfide) groups is 1. The van der Waals surface area contributed by atoms with Gasteiger partial charge in [-0.05, 0) is 73.4 Å². The second-order valence-corrected chi connectivity index (χ2v) is 9.34. The minimum Gasteiger partial charge on any atom is -0.325 e. The number of fused-ring (bicyclic) bond motifs is 1. The number of aryl methyl sites for hydroxylation is 1. The summed E-state index contributed by atoms with van der Waals surface area (Å²) < 4.78 is 0.967. The molecule has 1 N–H and O–H groups in total. The van der Waals surface area contributed by atoms with Crippen molar-refractivity contribution in [1.82, 2.24) is 4.98 Å². The molecule has 0 atom stereocenters. The summed E-state index contributed by atoms with van der Waals surface area (Å²) >= 11 is 4.75. The van der Waals surface area contributed by atoms with E-state index in [4.69, 9.17) is 4.98 Å². The molecule has 146 valence electrons. The van der Waals surface area contributed by atoms with Crippen LogP contribution in [0.2, 0.25) is 0 Å². The van der Waals surface area contributed by atoms with Gasteiger partial charge in [0.05, 0.1) is 11.3 Å². The molecule has 4 nitrogen and oxygen atoms in total. The molecule has 0 saturated carbocycles. The third kappa shape index (κ3) is 5.15. The van der Waals surface area contributed by atoms with Crippen molar-refractivity contribution in [3.63, 3.8) is 0 Å². The number of nitriles is 1. The van der Waals surface area contributed by atoms with E-state index in [-0.39, 0.29) is 11.7 Å². The fraction of sp³-hybridized carbons (Fsp3) is 0.409. The van der Waals surface area contributed by atoms with Gasteiger partial charge in [-0.1, -0.05) is 41.5 Å². The van der Waals surface area contributed by atoms with Gasteiger partial charge < -0.3 is 5.32 Å². The van der Waals surface area contributed by atoms with E-state index in [9.17, 15) is 10.1 Å². The van der Waals surface area contributed by atoms with Gasteiger partial charge in [-0.25, -0.2) is 4.98 Å². The van der Waals surface area contributed by atoms with Crippen LogP contribution < -0.4 is 5.32 Å². The van der Waals surface area contributed by atoms with Gasteiger partial charge in [0, 0.05) is 15.9 Å². The highest BCUT2D eigenvalue weighted by Crippen LogP contribution is 2.33. The van der Waals surface area contributed by atoms with Crippen LogP contribution in [0.15, 0.2) is 33.8 Å². The average molecular weight is 458 g/mol. The molecule has 1 aliphatic carbocycles. The predicted molar refractivity (Wildman–Crippen MR) is 118 cm³/mol. The number of halogens is 1. The van der Waals surface area contributed by atoms with Gasteiger partial charge in [0.2, 0.25) is 5.91 Å². The van der Waals surface area contributed by atoms with E-state index in [1.54, 1.807) is 0 Å². The number of hydrogen-bond donors (Lipinski definition) is 1. The number of benzene rings is 1. The highest BCUT2D eigenvalue weighted by atomic mass is 79.9. The number of carbonyl (C=O) groups is 1. The Labute approximate surface area is 179 Å². The summed E-state index contributed by atoms with van der Waals surface area (Å²) in [5.41, 5.74) is 4.97. The maximum Gasteiger partial charge on any atom is 0.234 e. The lowest BCUT2D eigenvalue weighted by atomic mass is 9.87. The number of nitrogens with zero attached hydrogens (tertiary/aromatic N) is 2. The van der Waals surface area contributed by atoms with Crippen molar-refractivity contribution < 1.29 is 4.79 Å². The highest BCUT2D eigenvalue weighted by Gasteiger charge is 2.23. The van der Waals surface area contributed by atoms with Crippen molar-refractivity contribution in [2.24, 2.45) is 5.92 Å². The minimum absolute atomic E-state index is 0.0962. The standard InChI is InChI=1S/C22H24BrN3OS/c1-14(2)11-18-17-5-3-4-6-20(17)26-22(19(18)12-24)28-13-21(27)25-16-9-7-15(23)8-10-16/h7-10,14H,3-6,11,13H2,1-2H3,(H,25,27). The smallest absolute Gasteiger partial charge is 0.234 e. The Morgan fingerprint density at radius 1 is 1.29 bits per heavy atom. The number of anilines is 1. The van der Waals surface area contributed by atoms with Crippen LogP contribution in [0.5, 0.6) is 0 Å². The zero-order chi connectivity index (χ0) is 20.1. The van der Waals surface area contributed by atoms with E-state index in [1.807, 2.05) is 24.3 Å². The molecule has 0 fully saturated rings. The van der Waals surface area contributed by atoms with Crippen LogP contribution in [0, 0.1) is 17.2 Å². The lowest BCUT2D eigenvalue weighted by Crippen LogP contribution is -2.16. The van der Waals surface area contributed by atoms with Crippen LogP contribution in [0.1, 0.15) is 49.1 Å². The molecule has 0 unspecified atom stereocenters. The first-order chi connectivity index (χ1) is 13.5. The molecule has 0 radical (unpaired) electrons. The van der Waals surface area contributed by atoms with E-state index >= 15 is 0 Å². The van der Waals surface area contributed by atoms with Crippen molar-refractivity contribution in [1.29, 1.82) is 5.26 Å². The van der Waals surface area contributed by atoms with Crippen LogP contribution in [0.25, 0.3) is 0 Å². The Kier molecular flexibility index (Phi) is 7.14. The molecule has 0 bridgehead atoms. The van der Waals surface area contributed by atoms with Gasteiger partial charge >= 0.3 is 0 Å². The maximum absolute atomic E-state index is 12.4. The Bertz CT molecular complexity index is 903. The fourth-order valence-electron chi connectivity index (χ4n) is 3.51. The summed E-state index contributed by atoms with van der Waals surface area (Å²) in [5.74, 6) is 0.609. The molecule has 1 heterocycles. The van der Waals surface area contributed by atoms with E-state index in [1.165, 1.54) is 17.3 Å². The summed E-state index contributed by atoms with van der Waals surface area (Å²) in [6.45, 7) is 4.35. The SMILES string of the molecule is CC(C)Cc1c(C#N)c(SCC(=O)Nc2ccc(Br)cc2)nc2c1CCCC2. The number of nitrogens with one attached hydrogen (secondary N) is 1. The monoisotopic (exact) mass is 457 g/mol. The predicted octanol–water partition coefficient (Wildman–Crippen LogP) is 5.52. The molecule has 1 amide bonds. The Hall–Kier alpha value is -1.84. The van der Waals surface area contributed by atoms with Gasteiger partial charge in [0.15, 0.2) is 0 Å². The fourth-order valence-corrected chi connectivity index (χ4v) is 4.61. The molecule has 1 aliphatic rings. The Morgan fingerprint density at radius 3 is 2.68 bits per heavy atom. The number of amides is 1. The largest absolute Gasteiger partial charge is 0.325 e. The first-order valence-electron chi connectivity index (χ1n) is 9.61. The van der Waals surface area contributed by atoms with E-state index in [0.29, 0.717) is 16.5 Å². The second kappa shape index (κ2) is 9.58. The molecular formula is C22H24BrN3OS. The van der Waals surface area contributed by atoms with Crippen LogP contribution in [-0.2, 0) is 24.1 Å². The van der Waals surface area contributed by atoms with Crippen molar-refractivity contribution in [3.8, 4) is 6.07 Å². The highest BCUT2D eigenvalue weighted by molar-refractivity contribution is 9.10. The van der Waals surface area contributed by atoms with Crippen LogP contribution in [-0.4, -0.2) is 16.6 Å². The summed E-state index contributed by atoms with van der Waals surface area (Å²) in [5, 5.41) is 13.4. The zero-order valence-electron chi connectivity index (χ0n) is 16.2. The van der Waals surface area contributed by atoms with E-state index in [2.05, 4.69) is 41.2 Å². The van der Waals surface area contributed by atoms with Gasteiger partial charge in [-0.2, -0.15) is 5.26 Å². The van der Waals surface area contributed by atoms with Crippen molar-refractivity contribution >= 4 is 39.3 Å². The average Bonchev–Trinajstić information content (AvgIpc) is 2.68. The van der Waals surface area contributed by atoms with E-state index in [0.717, 1.165) is 53.5 Å². The Morgan fingerprint density at radius 2 is 2.00 bits per heavy atom. The molecule has 28 heavy (non-hydrogen) atoms. The number of carbonyl (C=O) groups excluding carboxylic acids is 1. The molecule has 3 rings (SSSR count). The lowest BCUT2D eigenvalue weighted by molar-refractivity contribution is -0.113. The summed E-state index contributed by atoms with van der Waals surface area (Å²) in [6.07, 6.45) is 5.15. The summed E-state index contributed by atoms with van der Waals surface area (Å²) in [4.78, 5) is 17.2. The first-order valence-corrected chi connectivity index (χ1v) is 11.4. The van der Waals surface area contributed by atoms with Gasteiger partial charge in [-0.15, -0.1) is 0 Å². The van der Waals surface area contributed by atoms with Crippen LogP contribution in [0.4, 0.5) is 5.69 Å². The number of pyridine rings is 1. The van der Waals surface area contributed by atoms with Gasteiger partial charge in [0.1, 0.15) is 11.1 Å². The maximum atomic E-state index is 12.4. The minimum atomic E-state index is -0.0962. The Balaban J connectivity index is 1.80. The lowest BCUT2D eigenvalue weighted by Gasteiger charge is -2.22. The molecule has 0 saturated heterocycles. The molecule has 0 aliphatic heterocycles. The number of hydrogen-bond acceptors (Lipinski definition) is 4.